The first-order valence-electron chi connectivity index (χ1n) is 15.9. The first-order valence-corrected chi connectivity index (χ1v) is 15.9. The predicted octanol–water partition coefficient (Wildman–Crippen LogP) is 9.27. The van der Waals surface area contributed by atoms with Crippen LogP contribution >= 0.6 is 0 Å². The zero-order valence-electron chi connectivity index (χ0n) is 27.1. The Labute approximate surface area is 290 Å². The topological polar surface area (TPSA) is 84.7 Å². The third-order valence-corrected chi connectivity index (χ3v) is 8.00. The number of ether oxygens (including phenoxy) is 1. The minimum atomic E-state index is -4.59. The molecule has 0 aliphatic heterocycles. The van der Waals surface area contributed by atoms with Gasteiger partial charge < -0.3 is 20.7 Å². The quantitative estimate of drug-likeness (QED) is 0.127. The molecule has 12 heteroatoms. The van der Waals surface area contributed by atoms with Crippen molar-refractivity contribution in [3.8, 4) is 22.6 Å². The van der Waals surface area contributed by atoms with Crippen molar-refractivity contribution in [2.75, 3.05) is 4.90 Å². The molecular formula is C39H33F6N3O3. The summed E-state index contributed by atoms with van der Waals surface area (Å²) in [5.41, 5.74) is 6.78. The largest absolute Gasteiger partial charge is 0.455 e. The number of para-hydroxylation sites is 2. The van der Waals surface area contributed by atoms with Crippen molar-refractivity contribution in [3.63, 3.8) is 0 Å². The van der Waals surface area contributed by atoms with Gasteiger partial charge in [0.15, 0.2) is 5.75 Å². The van der Waals surface area contributed by atoms with Gasteiger partial charge in [-0.25, -0.2) is 0 Å². The number of nitrogens with zero attached hydrogens (tertiary/aromatic N) is 1. The molecule has 0 bridgehead atoms. The maximum atomic E-state index is 13.9. The van der Waals surface area contributed by atoms with Crippen molar-refractivity contribution in [3.05, 3.63) is 149 Å². The van der Waals surface area contributed by atoms with Crippen molar-refractivity contribution in [1.82, 2.24) is 5.32 Å². The number of carbonyl (C=O) groups excluding carboxylic acids is 2. The molecule has 0 saturated heterocycles. The van der Waals surface area contributed by atoms with E-state index in [9.17, 15) is 35.9 Å². The van der Waals surface area contributed by atoms with Crippen molar-refractivity contribution < 1.29 is 40.7 Å². The molecule has 3 N–H and O–H groups in total. The Morgan fingerprint density at radius 1 is 0.686 bits per heavy atom. The van der Waals surface area contributed by atoms with Crippen LogP contribution in [0.25, 0.3) is 11.1 Å². The van der Waals surface area contributed by atoms with Crippen molar-refractivity contribution in [2.45, 2.75) is 44.8 Å². The smallest absolute Gasteiger partial charge is 0.416 e. The highest BCUT2D eigenvalue weighted by Crippen LogP contribution is 2.36. The second-order valence-corrected chi connectivity index (χ2v) is 11.6. The van der Waals surface area contributed by atoms with Crippen LogP contribution in [0.2, 0.25) is 0 Å². The number of hydrogen-bond donors (Lipinski definition) is 2. The molecule has 0 fully saturated rings. The van der Waals surface area contributed by atoms with Crippen molar-refractivity contribution >= 4 is 17.5 Å². The number of carbonyl (C=O) groups is 2. The maximum absolute atomic E-state index is 13.9. The average molecular weight is 706 g/mol. The van der Waals surface area contributed by atoms with Crippen LogP contribution in [0.4, 0.5) is 32.0 Å². The van der Waals surface area contributed by atoms with Gasteiger partial charge in [-0.05, 0) is 70.3 Å². The summed E-state index contributed by atoms with van der Waals surface area (Å²) in [5, 5.41) is 2.47. The molecule has 0 heterocycles. The van der Waals surface area contributed by atoms with Gasteiger partial charge in [0.05, 0.1) is 23.4 Å². The first kappa shape index (κ1) is 36.7. The fraction of sp³-hybridized carbons (Fsp3) is 0.179. The minimum absolute atomic E-state index is 0.00545. The summed E-state index contributed by atoms with van der Waals surface area (Å²) in [6, 6.07) is 30.4. The highest BCUT2D eigenvalue weighted by molar-refractivity contribution is 5.96. The standard InChI is InChI=1S/C39H33F6N3O3/c40-38(41,42)31-10-6-9-29(22-31)28-17-15-26(16-18-28)25-48(34-13-3-4-14-35(34)51-32-11-5-7-27(21-32)23-46)37(50)20-19-36(49)47-24-30-8-1-2-12-33(30)39(43,44)45/h1-18,21-22H,19-20,23-25,46H2,(H,47,49). The average Bonchev–Trinajstić information content (AvgIpc) is 3.12. The normalized spacial score (nSPS) is 11.6. The molecule has 0 saturated carbocycles. The number of benzene rings is 5. The Kier molecular flexibility index (Phi) is 11.5. The molecule has 0 radical (unpaired) electrons. The van der Waals surface area contributed by atoms with Gasteiger partial charge in [0, 0.05) is 25.9 Å². The zero-order chi connectivity index (χ0) is 36.6. The highest BCUT2D eigenvalue weighted by Gasteiger charge is 2.33. The second-order valence-electron chi connectivity index (χ2n) is 11.6. The summed E-state index contributed by atoms with van der Waals surface area (Å²) < 4.78 is 86.3. The number of nitrogens with two attached hydrogens (primary N) is 1. The molecule has 0 spiro atoms. The lowest BCUT2D eigenvalue weighted by molar-refractivity contribution is -0.138. The minimum Gasteiger partial charge on any atom is -0.455 e. The van der Waals surface area contributed by atoms with Gasteiger partial charge in [0.1, 0.15) is 5.75 Å². The van der Waals surface area contributed by atoms with Gasteiger partial charge in [-0.3, -0.25) is 9.59 Å². The first-order chi connectivity index (χ1) is 24.3. The van der Waals surface area contributed by atoms with Crippen LogP contribution in [-0.2, 0) is 41.6 Å². The van der Waals surface area contributed by atoms with Crippen molar-refractivity contribution in [1.29, 1.82) is 0 Å². The SMILES string of the molecule is NCc1cccc(Oc2ccccc2N(Cc2ccc(-c3cccc(C(F)(F)F)c3)cc2)C(=O)CCC(=O)NCc2ccccc2C(F)(F)F)c1. The van der Waals surface area contributed by atoms with E-state index in [1.807, 2.05) is 6.07 Å². The molecule has 264 valence electrons. The van der Waals surface area contributed by atoms with E-state index in [1.54, 1.807) is 72.8 Å². The van der Waals surface area contributed by atoms with Crippen LogP contribution in [0.5, 0.6) is 11.5 Å². The van der Waals surface area contributed by atoms with E-state index in [4.69, 9.17) is 10.5 Å². The Balaban J connectivity index is 1.37. The third kappa shape index (κ3) is 9.76. The lowest BCUT2D eigenvalue weighted by Crippen LogP contribution is -2.32. The summed E-state index contributed by atoms with van der Waals surface area (Å²) in [6.07, 6.45) is -9.68. The van der Waals surface area contributed by atoms with Crippen LogP contribution < -0.4 is 20.7 Å². The van der Waals surface area contributed by atoms with Crippen LogP contribution in [0.1, 0.15) is 40.7 Å². The van der Waals surface area contributed by atoms with Crippen LogP contribution in [0.15, 0.2) is 121 Å². The molecule has 5 aromatic carbocycles. The number of nitrogens with one attached hydrogen (secondary N) is 1. The van der Waals surface area contributed by atoms with E-state index < -0.39 is 35.3 Å². The summed E-state index contributed by atoms with van der Waals surface area (Å²) in [7, 11) is 0. The molecular weight excluding hydrogens is 672 g/mol. The monoisotopic (exact) mass is 705 g/mol. The highest BCUT2D eigenvalue weighted by atomic mass is 19.4. The predicted molar refractivity (Wildman–Crippen MR) is 181 cm³/mol. The third-order valence-electron chi connectivity index (χ3n) is 8.00. The van der Waals surface area contributed by atoms with Gasteiger partial charge in [0.2, 0.25) is 11.8 Å². The van der Waals surface area contributed by atoms with Crippen LogP contribution in [0.3, 0.4) is 0 Å². The van der Waals surface area contributed by atoms with Gasteiger partial charge >= 0.3 is 12.4 Å². The van der Waals surface area contributed by atoms with Gasteiger partial charge in [0.25, 0.3) is 0 Å². The summed E-state index contributed by atoms with van der Waals surface area (Å²) in [5.74, 6) is -0.293. The number of alkyl halides is 6. The van der Waals surface area contributed by atoms with Crippen LogP contribution in [-0.4, -0.2) is 11.8 Å². The molecule has 0 aliphatic rings. The Bertz CT molecular complexity index is 1980. The number of rotatable bonds is 12. The number of hydrogen-bond acceptors (Lipinski definition) is 4. The fourth-order valence-electron chi connectivity index (χ4n) is 5.39. The number of anilines is 1. The second kappa shape index (κ2) is 15.9. The summed E-state index contributed by atoms with van der Waals surface area (Å²) >= 11 is 0. The molecule has 6 nitrogen and oxygen atoms in total. The van der Waals surface area contributed by atoms with Gasteiger partial charge in [-0.1, -0.05) is 78.9 Å². The molecule has 0 unspecified atom stereocenters. The summed E-state index contributed by atoms with van der Waals surface area (Å²) in [6.45, 7) is -0.0848. The van der Waals surface area contributed by atoms with Crippen molar-refractivity contribution in [2.24, 2.45) is 5.73 Å². The lowest BCUT2D eigenvalue weighted by atomic mass is 10.0. The molecule has 2 amide bonds. The van der Waals surface area contributed by atoms with Crippen LogP contribution in [0, 0.1) is 0 Å². The van der Waals surface area contributed by atoms with E-state index >= 15 is 0 Å². The van der Waals surface area contributed by atoms with Gasteiger partial charge in [-0.2, -0.15) is 26.3 Å². The zero-order valence-corrected chi connectivity index (χ0v) is 27.1. The Morgan fingerprint density at radius 2 is 1.39 bits per heavy atom. The molecule has 51 heavy (non-hydrogen) atoms. The summed E-state index contributed by atoms with van der Waals surface area (Å²) in [4.78, 5) is 28.0. The number of amides is 2. The molecule has 0 atom stereocenters. The van der Waals surface area contributed by atoms with E-state index in [1.165, 1.54) is 29.2 Å². The molecule has 5 rings (SSSR count). The van der Waals surface area contributed by atoms with Gasteiger partial charge in [-0.15, -0.1) is 0 Å². The number of halogens is 6. The van der Waals surface area contributed by atoms with E-state index in [0.29, 0.717) is 33.9 Å². The molecule has 0 aromatic heterocycles. The Morgan fingerprint density at radius 3 is 2.12 bits per heavy atom. The van der Waals surface area contributed by atoms with E-state index in [2.05, 4.69) is 5.32 Å². The maximum Gasteiger partial charge on any atom is 0.416 e. The molecule has 0 aliphatic carbocycles. The molecule has 5 aromatic rings. The van der Waals surface area contributed by atoms with E-state index in [0.717, 1.165) is 23.8 Å². The Hall–Kier alpha value is -5.62. The van der Waals surface area contributed by atoms with E-state index in [-0.39, 0.29) is 38.0 Å². The lowest BCUT2D eigenvalue weighted by Gasteiger charge is -2.25. The fourth-order valence-corrected chi connectivity index (χ4v) is 5.39.